The summed E-state index contributed by atoms with van der Waals surface area (Å²) >= 11 is 0. The van der Waals surface area contributed by atoms with Crippen LogP contribution in [-0.4, -0.2) is 0 Å². The van der Waals surface area contributed by atoms with Crippen molar-refractivity contribution in [2.24, 2.45) is 0 Å². The zero-order chi connectivity index (χ0) is 23.8. The van der Waals surface area contributed by atoms with Crippen LogP contribution in [0.1, 0.15) is 102 Å². The zero-order valence-corrected chi connectivity index (χ0v) is 21.7. The smallest absolute Gasteiger partial charge is 0.0387 e. The van der Waals surface area contributed by atoms with Crippen molar-refractivity contribution in [3.63, 3.8) is 0 Å². The van der Waals surface area contributed by atoms with E-state index in [1.807, 2.05) is 0 Å². The van der Waals surface area contributed by atoms with Crippen LogP contribution in [0.15, 0.2) is 60.7 Å². The van der Waals surface area contributed by atoms with E-state index in [0.717, 1.165) is 0 Å². The van der Waals surface area contributed by atoms with Crippen molar-refractivity contribution in [2.45, 2.75) is 89.9 Å². The van der Waals surface area contributed by atoms with E-state index in [0.29, 0.717) is 0 Å². The molecule has 0 amide bonds. The van der Waals surface area contributed by atoms with Crippen LogP contribution in [0.4, 0.5) is 11.4 Å². The summed E-state index contributed by atoms with van der Waals surface area (Å²) in [5, 5.41) is 3.76. The fourth-order valence-electron chi connectivity index (χ4n) is 6.38. The molecule has 5 rings (SSSR count). The van der Waals surface area contributed by atoms with Gasteiger partial charge in [-0.05, 0) is 81.3 Å². The minimum Gasteiger partial charge on any atom is -0.356 e. The lowest BCUT2D eigenvalue weighted by Gasteiger charge is -2.44. The first-order valence-corrected chi connectivity index (χ1v) is 12.5. The van der Waals surface area contributed by atoms with Crippen LogP contribution in [0.2, 0.25) is 0 Å². The number of rotatable bonds is 2. The maximum absolute atomic E-state index is 3.76. The van der Waals surface area contributed by atoms with Crippen LogP contribution in [-0.2, 0) is 21.7 Å². The Morgan fingerprint density at radius 2 is 0.909 bits per heavy atom. The number of hydrogen-bond donors (Lipinski definition) is 1. The third kappa shape index (κ3) is 3.35. The minimum absolute atomic E-state index is 0.00139. The normalized spacial score (nSPS) is 20.8. The van der Waals surface area contributed by atoms with Crippen molar-refractivity contribution in [1.82, 2.24) is 0 Å². The van der Waals surface area contributed by atoms with Gasteiger partial charge in [-0.25, -0.2) is 0 Å². The van der Waals surface area contributed by atoms with Gasteiger partial charge in [-0.1, -0.05) is 91.8 Å². The van der Waals surface area contributed by atoms with Crippen molar-refractivity contribution in [1.29, 1.82) is 0 Å². The van der Waals surface area contributed by atoms with E-state index in [9.17, 15) is 0 Å². The average molecular weight is 438 g/mol. The molecular weight excluding hydrogens is 398 g/mol. The average Bonchev–Trinajstić information content (AvgIpc) is 2.76. The van der Waals surface area contributed by atoms with E-state index >= 15 is 0 Å². The van der Waals surface area contributed by atoms with Crippen LogP contribution in [0, 0.1) is 0 Å². The molecule has 0 aliphatic heterocycles. The van der Waals surface area contributed by atoms with E-state index in [2.05, 4.69) is 121 Å². The SMILES string of the molecule is CC1(C)CCC(C)(C)c2cc(Nc3ccc4c(c3)C(C)(C)c3ccccc3C4(C)C)ccc21. The molecule has 0 heterocycles. The van der Waals surface area contributed by atoms with Gasteiger partial charge >= 0.3 is 0 Å². The van der Waals surface area contributed by atoms with E-state index in [4.69, 9.17) is 0 Å². The van der Waals surface area contributed by atoms with Gasteiger partial charge in [0.05, 0.1) is 0 Å². The van der Waals surface area contributed by atoms with E-state index in [1.54, 1.807) is 0 Å². The zero-order valence-electron chi connectivity index (χ0n) is 21.7. The highest BCUT2D eigenvalue weighted by atomic mass is 14.9. The van der Waals surface area contributed by atoms with Gasteiger partial charge in [0.1, 0.15) is 0 Å². The van der Waals surface area contributed by atoms with Crippen molar-refractivity contribution >= 4 is 11.4 Å². The van der Waals surface area contributed by atoms with Gasteiger partial charge < -0.3 is 5.32 Å². The summed E-state index contributed by atoms with van der Waals surface area (Å²) in [4.78, 5) is 0. The molecule has 2 aliphatic rings. The molecule has 0 fully saturated rings. The molecule has 0 atom stereocenters. The molecule has 0 saturated heterocycles. The van der Waals surface area contributed by atoms with E-state index in [1.165, 1.54) is 57.6 Å². The lowest BCUT2D eigenvalue weighted by Crippen LogP contribution is -2.36. The number of hydrogen-bond acceptors (Lipinski definition) is 1. The van der Waals surface area contributed by atoms with Crippen LogP contribution in [0.3, 0.4) is 0 Å². The lowest BCUT2D eigenvalue weighted by atomic mass is 9.60. The van der Waals surface area contributed by atoms with Crippen molar-refractivity contribution < 1.29 is 0 Å². The lowest BCUT2D eigenvalue weighted by molar-refractivity contribution is 0.332. The molecule has 0 aromatic heterocycles. The Bertz CT molecular complexity index is 1240. The monoisotopic (exact) mass is 437 g/mol. The van der Waals surface area contributed by atoms with Crippen molar-refractivity contribution in [3.05, 3.63) is 94.0 Å². The second-order valence-corrected chi connectivity index (χ2v) is 12.7. The highest BCUT2D eigenvalue weighted by Gasteiger charge is 2.41. The highest BCUT2D eigenvalue weighted by molar-refractivity contribution is 5.68. The largest absolute Gasteiger partial charge is 0.356 e. The highest BCUT2D eigenvalue weighted by Crippen LogP contribution is 2.50. The van der Waals surface area contributed by atoms with Crippen LogP contribution in [0.25, 0.3) is 0 Å². The summed E-state index contributed by atoms with van der Waals surface area (Å²) < 4.78 is 0. The van der Waals surface area contributed by atoms with Gasteiger partial charge in [-0.15, -0.1) is 0 Å². The molecular formula is C32H39N. The molecule has 0 unspecified atom stereocenters. The number of fused-ring (bicyclic) bond motifs is 3. The topological polar surface area (TPSA) is 12.0 Å². The first-order valence-electron chi connectivity index (χ1n) is 12.5. The Labute approximate surface area is 200 Å². The van der Waals surface area contributed by atoms with Gasteiger partial charge in [-0.3, -0.25) is 0 Å². The summed E-state index contributed by atoms with van der Waals surface area (Å²) in [5.41, 5.74) is 11.6. The van der Waals surface area contributed by atoms with Crippen molar-refractivity contribution in [3.8, 4) is 0 Å². The predicted molar refractivity (Wildman–Crippen MR) is 142 cm³/mol. The predicted octanol–water partition coefficient (Wildman–Crippen LogP) is 8.74. The second kappa shape index (κ2) is 6.98. The van der Waals surface area contributed by atoms with Crippen LogP contribution < -0.4 is 5.32 Å². The molecule has 0 bridgehead atoms. The molecule has 0 spiro atoms. The Morgan fingerprint density at radius 3 is 1.48 bits per heavy atom. The number of benzene rings is 3. The molecule has 0 saturated carbocycles. The Balaban J connectivity index is 1.56. The van der Waals surface area contributed by atoms with Gasteiger partial charge in [-0.2, -0.15) is 0 Å². The fourth-order valence-corrected chi connectivity index (χ4v) is 6.38. The van der Waals surface area contributed by atoms with Crippen LogP contribution in [0.5, 0.6) is 0 Å². The molecule has 1 heteroatoms. The molecule has 1 N–H and O–H groups in total. The van der Waals surface area contributed by atoms with E-state index in [-0.39, 0.29) is 21.7 Å². The number of nitrogens with one attached hydrogen (secondary N) is 1. The number of anilines is 2. The molecule has 1 nitrogen and oxygen atoms in total. The molecule has 33 heavy (non-hydrogen) atoms. The standard InChI is InChI=1S/C32H39N/c1-29(2)17-18-30(3,4)27-19-21(13-15-23(27)29)33-22-14-16-26-28(20-22)32(7,8)25-12-10-9-11-24(25)31(26,5)6/h9-16,19-20,33H,17-18H2,1-8H3. The molecule has 2 aliphatic carbocycles. The van der Waals surface area contributed by atoms with Crippen molar-refractivity contribution in [2.75, 3.05) is 5.32 Å². The maximum atomic E-state index is 3.76. The molecule has 172 valence electrons. The fraction of sp³-hybridized carbons (Fsp3) is 0.438. The van der Waals surface area contributed by atoms with Crippen LogP contribution >= 0.6 is 0 Å². The third-order valence-electron chi connectivity index (χ3n) is 8.78. The molecule has 0 radical (unpaired) electrons. The summed E-state index contributed by atoms with van der Waals surface area (Å²) in [6.07, 6.45) is 2.48. The maximum Gasteiger partial charge on any atom is 0.0387 e. The Kier molecular flexibility index (Phi) is 4.71. The van der Waals surface area contributed by atoms with E-state index < -0.39 is 0 Å². The first-order chi connectivity index (χ1) is 15.3. The Hall–Kier alpha value is -2.54. The quantitative estimate of drug-likeness (QED) is 0.422. The van der Waals surface area contributed by atoms with Gasteiger partial charge in [0.2, 0.25) is 0 Å². The van der Waals surface area contributed by atoms with Gasteiger partial charge in [0, 0.05) is 22.2 Å². The first kappa shape index (κ1) is 22.3. The van der Waals surface area contributed by atoms with Gasteiger partial charge in [0.15, 0.2) is 0 Å². The second-order valence-electron chi connectivity index (χ2n) is 12.7. The summed E-state index contributed by atoms with van der Waals surface area (Å²) in [6, 6.07) is 23.0. The minimum atomic E-state index is -0.0268. The molecule has 3 aromatic rings. The summed E-state index contributed by atoms with van der Waals surface area (Å²) in [7, 11) is 0. The molecule has 3 aromatic carbocycles. The Morgan fingerprint density at radius 1 is 0.485 bits per heavy atom. The third-order valence-corrected chi connectivity index (χ3v) is 8.78. The summed E-state index contributed by atoms with van der Waals surface area (Å²) in [6.45, 7) is 19.0. The van der Waals surface area contributed by atoms with Gasteiger partial charge in [0.25, 0.3) is 0 Å². The summed E-state index contributed by atoms with van der Waals surface area (Å²) in [5.74, 6) is 0.